The smallest absolute Gasteiger partial charge is 0.312 e. The van der Waals surface area contributed by atoms with Gasteiger partial charge in [0.25, 0.3) is 0 Å². The summed E-state index contributed by atoms with van der Waals surface area (Å²) in [5.74, 6) is -2.56. The Hall–Kier alpha value is -1.45. The standard InChI is InChI=1S/C24H37BrN2O6/c1-5-9-10-12-26(11-6-2)22(30)20-24-13-16(25)19(33-24)17(23(31)32-8-4)18(24)21(29)27(20)15(7-3)14-28/h6,15-20,28H,2,5,7-14H2,1,3-4H3/t15-,16?,17+,18-,19+,20+,24-/m0/s1. The molecule has 0 radical (unpaired) electrons. The molecule has 3 fully saturated rings. The summed E-state index contributed by atoms with van der Waals surface area (Å²) in [6.07, 6.45) is 4.94. The highest BCUT2D eigenvalue weighted by atomic mass is 79.9. The molecule has 3 heterocycles. The molecule has 2 amide bonds. The third-order valence-corrected chi connectivity index (χ3v) is 8.13. The number of amides is 2. The summed E-state index contributed by atoms with van der Waals surface area (Å²) in [6.45, 7) is 10.4. The van der Waals surface area contributed by atoms with Gasteiger partial charge in [-0.2, -0.15) is 0 Å². The van der Waals surface area contributed by atoms with Crippen molar-refractivity contribution in [2.45, 2.75) is 81.5 Å². The first-order valence-electron chi connectivity index (χ1n) is 12.1. The van der Waals surface area contributed by atoms with Crippen LogP contribution in [0, 0.1) is 11.8 Å². The molecule has 186 valence electrons. The molecule has 9 heteroatoms. The first-order chi connectivity index (χ1) is 15.8. The van der Waals surface area contributed by atoms with Crippen LogP contribution >= 0.6 is 15.9 Å². The zero-order valence-electron chi connectivity index (χ0n) is 19.9. The van der Waals surface area contributed by atoms with Crippen molar-refractivity contribution in [3.8, 4) is 0 Å². The second-order valence-corrected chi connectivity index (χ2v) is 10.4. The minimum absolute atomic E-state index is 0.173. The Morgan fingerprint density at radius 3 is 2.70 bits per heavy atom. The lowest BCUT2D eigenvalue weighted by molar-refractivity contribution is -0.156. The third kappa shape index (κ3) is 4.36. The van der Waals surface area contributed by atoms with Crippen molar-refractivity contribution in [3.05, 3.63) is 12.7 Å². The number of rotatable bonds is 12. The van der Waals surface area contributed by atoms with Crippen LogP contribution in [0.2, 0.25) is 0 Å². The van der Waals surface area contributed by atoms with Crippen molar-refractivity contribution < 1.29 is 29.0 Å². The van der Waals surface area contributed by atoms with E-state index in [4.69, 9.17) is 9.47 Å². The van der Waals surface area contributed by atoms with Gasteiger partial charge in [0.1, 0.15) is 11.6 Å². The van der Waals surface area contributed by atoms with E-state index in [1.54, 1.807) is 17.9 Å². The predicted molar refractivity (Wildman–Crippen MR) is 127 cm³/mol. The molecule has 1 N–H and O–H groups in total. The van der Waals surface area contributed by atoms with Gasteiger partial charge in [0.2, 0.25) is 11.8 Å². The predicted octanol–water partition coefficient (Wildman–Crippen LogP) is 2.27. The molecular formula is C24H37BrN2O6. The van der Waals surface area contributed by atoms with Crippen LogP contribution in [0.5, 0.6) is 0 Å². The molecule has 0 aliphatic carbocycles. The van der Waals surface area contributed by atoms with Crippen molar-refractivity contribution in [1.82, 2.24) is 9.80 Å². The Labute approximate surface area is 204 Å². The van der Waals surface area contributed by atoms with Gasteiger partial charge in [-0.25, -0.2) is 0 Å². The summed E-state index contributed by atoms with van der Waals surface area (Å²) in [7, 11) is 0. The second kappa shape index (κ2) is 10.9. The van der Waals surface area contributed by atoms with E-state index in [9.17, 15) is 19.5 Å². The Morgan fingerprint density at radius 1 is 1.39 bits per heavy atom. The van der Waals surface area contributed by atoms with Gasteiger partial charge in [-0.1, -0.05) is 48.7 Å². The molecule has 33 heavy (non-hydrogen) atoms. The second-order valence-electron chi connectivity index (χ2n) is 9.19. The Kier molecular flexibility index (Phi) is 8.61. The van der Waals surface area contributed by atoms with Gasteiger partial charge in [-0.3, -0.25) is 14.4 Å². The number of carbonyl (C=O) groups excluding carboxylic acids is 3. The number of unbranched alkanes of at least 4 members (excludes halogenated alkanes) is 2. The lowest BCUT2D eigenvalue weighted by Crippen LogP contribution is -2.59. The number of aliphatic hydroxyl groups excluding tert-OH is 1. The maximum Gasteiger partial charge on any atom is 0.312 e. The zero-order chi connectivity index (χ0) is 24.3. The van der Waals surface area contributed by atoms with Gasteiger partial charge in [0, 0.05) is 17.9 Å². The summed E-state index contributed by atoms with van der Waals surface area (Å²) >= 11 is 3.64. The number of hydrogen-bond donors (Lipinski definition) is 1. The Bertz CT molecular complexity index is 759. The van der Waals surface area contributed by atoms with E-state index in [0.717, 1.165) is 19.3 Å². The number of esters is 1. The van der Waals surface area contributed by atoms with E-state index in [2.05, 4.69) is 29.4 Å². The molecule has 7 atom stereocenters. The van der Waals surface area contributed by atoms with Crippen molar-refractivity contribution in [2.75, 3.05) is 26.3 Å². The summed E-state index contributed by atoms with van der Waals surface area (Å²) in [6, 6.07) is -1.44. The number of halogens is 1. The number of carbonyl (C=O) groups is 3. The summed E-state index contributed by atoms with van der Waals surface area (Å²) < 4.78 is 11.7. The van der Waals surface area contributed by atoms with Crippen LogP contribution in [-0.4, -0.2) is 87.6 Å². The first-order valence-corrected chi connectivity index (χ1v) is 13.1. The van der Waals surface area contributed by atoms with Crippen LogP contribution in [-0.2, 0) is 23.9 Å². The molecule has 0 aromatic heterocycles. The fourth-order valence-electron chi connectivity index (χ4n) is 5.83. The van der Waals surface area contributed by atoms with E-state index in [-0.39, 0.29) is 29.9 Å². The van der Waals surface area contributed by atoms with Crippen LogP contribution in [0.25, 0.3) is 0 Å². The van der Waals surface area contributed by atoms with Crippen LogP contribution in [0.1, 0.15) is 52.9 Å². The largest absolute Gasteiger partial charge is 0.466 e. The number of aliphatic hydroxyl groups is 1. The van der Waals surface area contributed by atoms with E-state index in [0.29, 0.717) is 25.9 Å². The van der Waals surface area contributed by atoms with Crippen molar-refractivity contribution in [3.63, 3.8) is 0 Å². The third-order valence-electron chi connectivity index (χ3n) is 7.29. The number of nitrogens with zero attached hydrogens (tertiary/aromatic N) is 2. The summed E-state index contributed by atoms with van der Waals surface area (Å²) in [5, 5.41) is 10.1. The number of fused-ring (bicyclic) bond motifs is 1. The van der Waals surface area contributed by atoms with Crippen LogP contribution in [0.4, 0.5) is 0 Å². The fraction of sp³-hybridized carbons (Fsp3) is 0.792. The molecule has 3 rings (SSSR count). The molecule has 2 bridgehead atoms. The van der Waals surface area contributed by atoms with Crippen molar-refractivity contribution >= 4 is 33.7 Å². The molecular weight excluding hydrogens is 492 g/mol. The number of hydrogen-bond acceptors (Lipinski definition) is 6. The molecule has 3 saturated heterocycles. The Morgan fingerprint density at radius 2 is 2.12 bits per heavy atom. The lowest BCUT2D eigenvalue weighted by Gasteiger charge is -2.39. The number of alkyl halides is 1. The molecule has 1 unspecified atom stereocenters. The van der Waals surface area contributed by atoms with Crippen LogP contribution < -0.4 is 0 Å². The number of likely N-dealkylation sites (tertiary alicyclic amines) is 1. The minimum atomic E-state index is -1.13. The molecule has 3 aliphatic heterocycles. The normalized spacial score (nSPS) is 33.2. The van der Waals surface area contributed by atoms with E-state index in [1.807, 2.05) is 6.92 Å². The quantitative estimate of drug-likeness (QED) is 0.180. The maximum absolute atomic E-state index is 14.0. The van der Waals surface area contributed by atoms with Gasteiger partial charge in [0.05, 0.1) is 37.2 Å². The summed E-state index contributed by atoms with van der Waals surface area (Å²) in [4.78, 5) is 43.9. The lowest BCUT2D eigenvalue weighted by atomic mass is 9.70. The van der Waals surface area contributed by atoms with Gasteiger partial charge < -0.3 is 24.4 Å². The topological polar surface area (TPSA) is 96.4 Å². The van der Waals surface area contributed by atoms with Crippen molar-refractivity contribution in [1.29, 1.82) is 0 Å². The van der Waals surface area contributed by atoms with Gasteiger partial charge in [-0.05, 0) is 26.2 Å². The van der Waals surface area contributed by atoms with E-state index >= 15 is 0 Å². The fourth-order valence-corrected chi connectivity index (χ4v) is 6.78. The monoisotopic (exact) mass is 528 g/mol. The molecule has 0 saturated carbocycles. The highest BCUT2D eigenvalue weighted by molar-refractivity contribution is 9.09. The molecule has 1 spiro atoms. The van der Waals surface area contributed by atoms with Crippen molar-refractivity contribution in [2.24, 2.45) is 11.8 Å². The molecule has 0 aromatic rings. The van der Waals surface area contributed by atoms with Crippen LogP contribution in [0.15, 0.2) is 12.7 Å². The SMILES string of the molecule is C=CCN(CCCCC)C(=O)[C@H]1N([C@@H](CC)CO)C(=O)[C@@H]2[C@@H](C(=O)OCC)[C@@H]3O[C@@]21CC3Br. The highest BCUT2D eigenvalue weighted by Gasteiger charge is 2.77. The Balaban J connectivity index is 2.05. The number of ether oxygens (including phenoxy) is 2. The highest BCUT2D eigenvalue weighted by Crippen LogP contribution is 2.60. The summed E-state index contributed by atoms with van der Waals surface area (Å²) in [5.41, 5.74) is -1.13. The van der Waals surface area contributed by atoms with Gasteiger partial charge >= 0.3 is 5.97 Å². The van der Waals surface area contributed by atoms with Crippen LogP contribution in [0.3, 0.4) is 0 Å². The van der Waals surface area contributed by atoms with Gasteiger partial charge in [-0.15, -0.1) is 6.58 Å². The van der Waals surface area contributed by atoms with Gasteiger partial charge in [0.15, 0.2) is 0 Å². The molecule has 0 aromatic carbocycles. The minimum Gasteiger partial charge on any atom is -0.466 e. The molecule has 3 aliphatic rings. The first kappa shape index (κ1) is 26.2. The van der Waals surface area contributed by atoms with E-state index < -0.39 is 41.6 Å². The maximum atomic E-state index is 14.0. The average molecular weight is 529 g/mol. The zero-order valence-corrected chi connectivity index (χ0v) is 21.5. The van der Waals surface area contributed by atoms with E-state index in [1.165, 1.54) is 4.90 Å². The molecule has 8 nitrogen and oxygen atoms in total. The average Bonchev–Trinajstić information content (AvgIpc) is 3.38.